The molecule has 0 fully saturated rings. The second-order valence-corrected chi connectivity index (χ2v) is 1.12. The highest BCUT2D eigenvalue weighted by atomic mass is 16.5. The highest BCUT2D eigenvalue weighted by Crippen LogP contribution is 2.03. The van der Waals surface area contributed by atoms with Crippen molar-refractivity contribution in [3.8, 4) is 0 Å². The predicted octanol–water partition coefficient (Wildman–Crippen LogP) is -0.924. The van der Waals surface area contributed by atoms with Crippen LogP contribution in [0.25, 0.3) is 0 Å². The number of aliphatic hydroxyl groups is 2. The molecule has 38 valence electrons. The van der Waals surface area contributed by atoms with E-state index in [2.05, 4.69) is 15.4 Å². The molecule has 0 bridgehead atoms. The van der Waals surface area contributed by atoms with Crippen LogP contribution >= 0.6 is 0 Å². The van der Waals surface area contributed by atoms with Crippen molar-refractivity contribution in [2.24, 2.45) is 15.4 Å². The van der Waals surface area contributed by atoms with Crippen LogP contribution in [-0.2, 0) is 0 Å². The normalized spacial score (nSPS) is 23.7. The molecule has 1 aliphatic heterocycles. The van der Waals surface area contributed by atoms with Gasteiger partial charge in [0.2, 0.25) is 0 Å². The van der Waals surface area contributed by atoms with Gasteiger partial charge in [0, 0.05) is 0 Å². The molecule has 5 nitrogen and oxygen atoms in total. The molecule has 0 saturated carbocycles. The molecule has 0 amide bonds. The molecule has 0 aromatic carbocycles. The standard InChI is InChI=1S/C2H3N3O2/c6-2(7)1-3-5-4-2/h1,6-7H. The van der Waals surface area contributed by atoms with Crippen LogP contribution in [0.4, 0.5) is 0 Å². The van der Waals surface area contributed by atoms with Crippen molar-refractivity contribution in [1.29, 1.82) is 0 Å². The van der Waals surface area contributed by atoms with E-state index in [4.69, 9.17) is 10.2 Å². The second kappa shape index (κ2) is 1.08. The fourth-order valence-electron chi connectivity index (χ4n) is 0.221. The van der Waals surface area contributed by atoms with Crippen LogP contribution in [0.1, 0.15) is 0 Å². The van der Waals surface area contributed by atoms with Gasteiger partial charge in [-0.15, -0.1) is 5.10 Å². The summed E-state index contributed by atoms with van der Waals surface area (Å²) in [5.41, 5.74) is 0. The van der Waals surface area contributed by atoms with Gasteiger partial charge >= 0.3 is 5.91 Å². The summed E-state index contributed by atoms with van der Waals surface area (Å²) in [5, 5.41) is 25.6. The van der Waals surface area contributed by atoms with Gasteiger partial charge in [-0.05, 0) is 5.22 Å². The number of rotatable bonds is 0. The summed E-state index contributed by atoms with van der Waals surface area (Å²) in [6, 6.07) is 0. The Balaban J connectivity index is 2.77. The summed E-state index contributed by atoms with van der Waals surface area (Å²) >= 11 is 0. The van der Waals surface area contributed by atoms with Crippen molar-refractivity contribution in [1.82, 2.24) is 0 Å². The average Bonchev–Trinajstić information content (AvgIpc) is 1.84. The van der Waals surface area contributed by atoms with Gasteiger partial charge in [0.05, 0.1) is 0 Å². The Bertz CT molecular complexity index is 113. The summed E-state index contributed by atoms with van der Waals surface area (Å²) in [7, 11) is 0. The first-order valence-corrected chi connectivity index (χ1v) is 1.62. The van der Waals surface area contributed by atoms with E-state index in [9.17, 15) is 0 Å². The third-order valence-electron chi connectivity index (χ3n) is 0.474. The van der Waals surface area contributed by atoms with Crippen LogP contribution in [0.5, 0.6) is 0 Å². The quantitative estimate of drug-likeness (QED) is 0.387. The summed E-state index contributed by atoms with van der Waals surface area (Å²) in [6.45, 7) is 0. The maximum Gasteiger partial charge on any atom is 0.325 e. The van der Waals surface area contributed by atoms with E-state index >= 15 is 0 Å². The van der Waals surface area contributed by atoms with Crippen molar-refractivity contribution >= 4 is 6.21 Å². The smallest absolute Gasteiger partial charge is 0.325 e. The van der Waals surface area contributed by atoms with E-state index < -0.39 is 5.91 Å². The Morgan fingerprint density at radius 1 is 1.43 bits per heavy atom. The van der Waals surface area contributed by atoms with Crippen molar-refractivity contribution in [2.45, 2.75) is 5.91 Å². The molecular weight excluding hydrogens is 98.0 g/mol. The highest BCUT2D eigenvalue weighted by Gasteiger charge is 2.21. The lowest BCUT2D eigenvalue weighted by Crippen LogP contribution is -2.23. The van der Waals surface area contributed by atoms with E-state index in [1.165, 1.54) is 0 Å². The van der Waals surface area contributed by atoms with E-state index in [0.717, 1.165) is 6.21 Å². The molecule has 1 rings (SSSR count). The lowest BCUT2D eigenvalue weighted by Gasteiger charge is -1.99. The van der Waals surface area contributed by atoms with Crippen molar-refractivity contribution in [3.63, 3.8) is 0 Å². The predicted molar refractivity (Wildman–Crippen MR) is 20.5 cm³/mol. The molecule has 5 heteroatoms. The zero-order chi connectivity index (χ0) is 5.33. The Labute approximate surface area is 39.0 Å². The van der Waals surface area contributed by atoms with Gasteiger partial charge in [-0.2, -0.15) is 0 Å². The van der Waals surface area contributed by atoms with Gasteiger partial charge in [0.1, 0.15) is 6.21 Å². The summed E-state index contributed by atoms with van der Waals surface area (Å²) < 4.78 is 0. The Hall–Kier alpha value is -0.810. The second-order valence-electron chi connectivity index (χ2n) is 1.12. The molecule has 0 spiro atoms. The molecule has 1 heterocycles. The van der Waals surface area contributed by atoms with Gasteiger partial charge in [-0.25, -0.2) is 0 Å². The lowest BCUT2D eigenvalue weighted by atomic mass is 10.6. The van der Waals surface area contributed by atoms with Crippen LogP contribution in [-0.4, -0.2) is 22.3 Å². The summed E-state index contributed by atoms with van der Waals surface area (Å²) in [5.74, 6) is -2.14. The van der Waals surface area contributed by atoms with Gasteiger partial charge in [0.15, 0.2) is 0 Å². The molecule has 0 saturated heterocycles. The number of hydrogen-bond acceptors (Lipinski definition) is 5. The zero-order valence-electron chi connectivity index (χ0n) is 3.31. The molecule has 0 unspecified atom stereocenters. The third-order valence-corrected chi connectivity index (χ3v) is 0.474. The van der Waals surface area contributed by atoms with Crippen molar-refractivity contribution < 1.29 is 10.2 Å². The fourth-order valence-corrected chi connectivity index (χ4v) is 0.221. The summed E-state index contributed by atoms with van der Waals surface area (Å²) in [4.78, 5) is 0. The van der Waals surface area contributed by atoms with Gasteiger partial charge in [-0.3, -0.25) is 0 Å². The lowest BCUT2D eigenvalue weighted by molar-refractivity contribution is -0.0873. The molecule has 0 atom stereocenters. The molecule has 0 aliphatic carbocycles. The topological polar surface area (TPSA) is 77.5 Å². The Morgan fingerprint density at radius 2 is 2.14 bits per heavy atom. The highest BCUT2D eigenvalue weighted by molar-refractivity contribution is 5.66. The van der Waals surface area contributed by atoms with E-state index in [-0.39, 0.29) is 0 Å². The van der Waals surface area contributed by atoms with Crippen molar-refractivity contribution in [2.75, 3.05) is 0 Å². The van der Waals surface area contributed by atoms with Crippen LogP contribution in [0, 0.1) is 0 Å². The maximum atomic E-state index is 8.34. The first-order valence-electron chi connectivity index (χ1n) is 1.62. The third kappa shape index (κ3) is 0.787. The van der Waals surface area contributed by atoms with Crippen LogP contribution in [0.3, 0.4) is 0 Å². The average molecular weight is 101 g/mol. The van der Waals surface area contributed by atoms with Gasteiger partial charge < -0.3 is 10.2 Å². The van der Waals surface area contributed by atoms with Crippen LogP contribution in [0.2, 0.25) is 0 Å². The van der Waals surface area contributed by atoms with E-state index in [0.29, 0.717) is 0 Å². The minimum Gasteiger partial charge on any atom is -0.342 e. The summed E-state index contributed by atoms with van der Waals surface area (Å²) in [6.07, 6.45) is 0.826. The van der Waals surface area contributed by atoms with E-state index in [1.807, 2.05) is 0 Å². The number of nitrogens with zero attached hydrogens (tertiary/aromatic N) is 3. The van der Waals surface area contributed by atoms with Gasteiger partial charge in [0.25, 0.3) is 0 Å². The molecule has 7 heavy (non-hydrogen) atoms. The Morgan fingerprint density at radius 3 is 2.29 bits per heavy atom. The molecule has 2 N–H and O–H groups in total. The van der Waals surface area contributed by atoms with Crippen LogP contribution < -0.4 is 0 Å². The molecule has 0 aromatic heterocycles. The fraction of sp³-hybridized carbons (Fsp3) is 0.500. The maximum absolute atomic E-state index is 8.34. The first-order chi connectivity index (χ1) is 3.21. The Kier molecular flexibility index (Phi) is 0.671. The minimum absolute atomic E-state index is 0.826. The monoisotopic (exact) mass is 101 g/mol. The number of hydrogen-bond donors (Lipinski definition) is 2. The SMILES string of the molecule is OC1(O)C=NN=N1. The molecular formula is C2H3N3O2. The largest absolute Gasteiger partial charge is 0.342 e. The van der Waals surface area contributed by atoms with Crippen LogP contribution in [0.15, 0.2) is 15.4 Å². The van der Waals surface area contributed by atoms with E-state index in [1.54, 1.807) is 0 Å². The minimum atomic E-state index is -2.14. The van der Waals surface area contributed by atoms with Crippen molar-refractivity contribution in [3.05, 3.63) is 0 Å². The molecule has 0 radical (unpaired) electrons. The molecule has 1 aliphatic rings. The first kappa shape index (κ1) is 4.35. The zero-order valence-corrected chi connectivity index (χ0v) is 3.31. The molecule has 0 aromatic rings. The van der Waals surface area contributed by atoms with Gasteiger partial charge in [-0.1, -0.05) is 5.11 Å².